The average molecular weight is 232 g/mol. The van der Waals surface area contributed by atoms with Crippen LogP contribution in [0, 0.1) is 0 Å². The van der Waals surface area contributed by atoms with Gasteiger partial charge in [0.05, 0.1) is 0 Å². The van der Waals surface area contributed by atoms with Crippen molar-refractivity contribution in [2.24, 2.45) is 5.73 Å². The van der Waals surface area contributed by atoms with Crippen molar-refractivity contribution in [2.45, 2.75) is 45.6 Å². The van der Waals surface area contributed by atoms with Gasteiger partial charge in [0.1, 0.15) is 5.52 Å². The highest BCUT2D eigenvalue weighted by Gasteiger charge is 2.20. The molecule has 1 unspecified atom stereocenters. The molecule has 0 amide bonds. The summed E-state index contributed by atoms with van der Waals surface area (Å²) in [7, 11) is 0. The third-order valence-corrected chi connectivity index (χ3v) is 2.65. The van der Waals surface area contributed by atoms with E-state index < -0.39 is 0 Å². The van der Waals surface area contributed by atoms with Gasteiger partial charge in [-0.15, -0.1) is 0 Å². The Balaban J connectivity index is 2.41. The number of benzene rings is 1. The summed E-state index contributed by atoms with van der Waals surface area (Å²) >= 11 is 0. The van der Waals surface area contributed by atoms with Crippen LogP contribution in [0.1, 0.15) is 39.1 Å². The zero-order valence-corrected chi connectivity index (χ0v) is 10.9. The van der Waals surface area contributed by atoms with Gasteiger partial charge < -0.3 is 10.2 Å². The molecule has 3 heteroatoms. The van der Waals surface area contributed by atoms with Gasteiger partial charge in [-0.3, -0.25) is 0 Å². The molecule has 1 aromatic carbocycles. The van der Waals surface area contributed by atoms with Crippen LogP contribution in [0.25, 0.3) is 11.1 Å². The number of oxazole rings is 1. The van der Waals surface area contributed by atoms with Gasteiger partial charge in [0.15, 0.2) is 5.58 Å². The zero-order valence-electron chi connectivity index (χ0n) is 10.9. The van der Waals surface area contributed by atoms with Gasteiger partial charge >= 0.3 is 0 Å². The number of nitrogens with two attached hydrogens (primary N) is 1. The van der Waals surface area contributed by atoms with Crippen molar-refractivity contribution >= 4 is 11.1 Å². The first-order valence-corrected chi connectivity index (χ1v) is 6.02. The fourth-order valence-corrected chi connectivity index (χ4v) is 1.79. The molecule has 1 heterocycles. The maximum Gasteiger partial charge on any atom is 0.200 e. The fraction of sp³-hybridized carbons (Fsp3) is 0.500. The summed E-state index contributed by atoms with van der Waals surface area (Å²) in [5.74, 6) is 0.783. The molecule has 0 bridgehead atoms. The minimum absolute atomic E-state index is 0.0552. The van der Waals surface area contributed by atoms with Crippen LogP contribution in [-0.4, -0.2) is 11.0 Å². The molecule has 0 aliphatic carbocycles. The second kappa shape index (κ2) is 4.15. The summed E-state index contributed by atoms with van der Waals surface area (Å²) in [6.45, 7) is 8.30. The molecule has 0 aliphatic heterocycles. The first-order chi connectivity index (χ1) is 7.86. The summed E-state index contributed by atoms with van der Waals surface area (Å²) in [5, 5.41) is 0. The molecule has 3 nitrogen and oxygen atoms in total. The summed E-state index contributed by atoms with van der Waals surface area (Å²) in [5.41, 5.74) is 8.73. The highest BCUT2D eigenvalue weighted by atomic mass is 16.3. The lowest BCUT2D eigenvalue weighted by Gasteiger charge is -2.11. The predicted molar refractivity (Wildman–Crippen MR) is 70.1 cm³/mol. The van der Waals surface area contributed by atoms with Crippen molar-refractivity contribution in [2.75, 3.05) is 0 Å². The van der Waals surface area contributed by atoms with Gasteiger partial charge in [-0.2, -0.15) is 0 Å². The van der Waals surface area contributed by atoms with E-state index in [2.05, 4.69) is 37.9 Å². The average Bonchev–Trinajstić information content (AvgIpc) is 2.58. The van der Waals surface area contributed by atoms with E-state index in [1.807, 2.05) is 13.0 Å². The van der Waals surface area contributed by atoms with Crippen LogP contribution in [0.4, 0.5) is 0 Å². The molecule has 0 radical (unpaired) electrons. The first-order valence-electron chi connectivity index (χ1n) is 6.02. The van der Waals surface area contributed by atoms with Crippen LogP contribution in [0.2, 0.25) is 0 Å². The van der Waals surface area contributed by atoms with Crippen molar-refractivity contribution in [3.05, 3.63) is 29.7 Å². The summed E-state index contributed by atoms with van der Waals surface area (Å²) in [4.78, 5) is 4.54. The first kappa shape index (κ1) is 12.1. The SMILES string of the molecule is CC(N)Cc1ccc2oc(C(C)(C)C)nc2c1. The molecule has 0 fully saturated rings. The van der Waals surface area contributed by atoms with E-state index in [0.29, 0.717) is 0 Å². The van der Waals surface area contributed by atoms with Gasteiger partial charge in [0, 0.05) is 11.5 Å². The van der Waals surface area contributed by atoms with Gasteiger partial charge in [-0.25, -0.2) is 4.98 Å². The standard InChI is InChI=1S/C14H20N2O/c1-9(15)7-10-5-6-12-11(8-10)16-13(17-12)14(2,3)4/h5-6,8-9H,7,15H2,1-4H3. The zero-order chi connectivity index (χ0) is 12.6. The molecule has 0 aliphatic rings. The molecule has 1 atom stereocenters. The molecule has 92 valence electrons. The van der Waals surface area contributed by atoms with Crippen LogP contribution in [0.5, 0.6) is 0 Å². The Labute approximate surface area is 102 Å². The Morgan fingerprint density at radius 3 is 2.65 bits per heavy atom. The second-order valence-electron chi connectivity index (χ2n) is 5.75. The van der Waals surface area contributed by atoms with Crippen LogP contribution >= 0.6 is 0 Å². The van der Waals surface area contributed by atoms with Crippen LogP contribution in [0.15, 0.2) is 22.6 Å². The van der Waals surface area contributed by atoms with Gasteiger partial charge in [-0.1, -0.05) is 26.8 Å². The molecule has 2 N–H and O–H groups in total. The van der Waals surface area contributed by atoms with Gasteiger partial charge in [0.2, 0.25) is 5.89 Å². The highest BCUT2D eigenvalue weighted by Crippen LogP contribution is 2.26. The number of fused-ring (bicyclic) bond motifs is 1. The number of hydrogen-bond donors (Lipinski definition) is 1. The number of aromatic nitrogens is 1. The van der Waals surface area contributed by atoms with Crippen LogP contribution in [-0.2, 0) is 11.8 Å². The largest absolute Gasteiger partial charge is 0.440 e. The maximum absolute atomic E-state index is 5.80. The van der Waals surface area contributed by atoms with E-state index in [1.165, 1.54) is 5.56 Å². The fourth-order valence-electron chi connectivity index (χ4n) is 1.79. The molecule has 2 aromatic rings. The lowest BCUT2D eigenvalue weighted by atomic mass is 9.97. The smallest absolute Gasteiger partial charge is 0.200 e. The van der Waals surface area contributed by atoms with Gasteiger partial charge in [0.25, 0.3) is 0 Å². The summed E-state index contributed by atoms with van der Waals surface area (Å²) < 4.78 is 5.75. The highest BCUT2D eigenvalue weighted by molar-refractivity contribution is 5.73. The van der Waals surface area contributed by atoms with Crippen molar-refractivity contribution < 1.29 is 4.42 Å². The van der Waals surface area contributed by atoms with Crippen LogP contribution in [0.3, 0.4) is 0 Å². The van der Waals surface area contributed by atoms with Crippen molar-refractivity contribution in [1.29, 1.82) is 0 Å². The lowest BCUT2D eigenvalue weighted by Crippen LogP contribution is -2.17. The van der Waals surface area contributed by atoms with E-state index in [-0.39, 0.29) is 11.5 Å². The Bertz CT molecular complexity index is 520. The molecule has 2 rings (SSSR count). The molecular formula is C14H20N2O. The minimum atomic E-state index is -0.0552. The number of nitrogens with zero attached hydrogens (tertiary/aromatic N) is 1. The van der Waals surface area contributed by atoms with E-state index in [9.17, 15) is 0 Å². The normalized spacial score (nSPS) is 14.2. The molecule has 17 heavy (non-hydrogen) atoms. The van der Waals surface area contributed by atoms with E-state index >= 15 is 0 Å². The van der Waals surface area contributed by atoms with E-state index in [4.69, 9.17) is 10.2 Å². The van der Waals surface area contributed by atoms with Crippen LogP contribution < -0.4 is 5.73 Å². The quantitative estimate of drug-likeness (QED) is 0.866. The lowest BCUT2D eigenvalue weighted by molar-refractivity contribution is 0.411. The Morgan fingerprint density at radius 1 is 1.35 bits per heavy atom. The minimum Gasteiger partial charge on any atom is -0.440 e. The monoisotopic (exact) mass is 232 g/mol. The molecule has 0 spiro atoms. The van der Waals surface area contributed by atoms with Crippen molar-refractivity contribution in [1.82, 2.24) is 4.98 Å². The second-order valence-corrected chi connectivity index (χ2v) is 5.75. The summed E-state index contributed by atoms with van der Waals surface area (Å²) in [6.07, 6.45) is 0.869. The Kier molecular flexibility index (Phi) is 2.96. The third kappa shape index (κ3) is 2.67. The van der Waals surface area contributed by atoms with Gasteiger partial charge in [-0.05, 0) is 31.0 Å². The Hall–Kier alpha value is -1.35. The molecular weight excluding hydrogens is 212 g/mol. The molecule has 0 saturated carbocycles. The topological polar surface area (TPSA) is 52.0 Å². The third-order valence-electron chi connectivity index (χ3n) is 2.65. The number of hydrogen-bond acceptors (Lipinski definition) is 3. The molecule has 0 saturated heterocycles. The Morgan fingerprint density at radius 2 is 2.06 bits per heavy atom. The predicted octanol–water partition coefficient (Wildman–Crippen LogP) is 3.02. The molecule has 1 aromatic heterocycles. The number of rotatable bonds is 2. The van der Waals surface area contributed by atoms with E-state index in [1.54, 1.807) is 0 Å². The summed E-state index contributed by atoms with van der Waals surface area (Å²) in [6, 6.07) is 6.28. The van der Waals surface area contributed by atoms with Crippen molar-refractivity contribution in [3.8, 4) is 0 Å². The maximum atomic E-state index is 5.80. The van der Waals surface area contributed by atoms with Crippen molar-refractivity contribution in [3.63, 3.8) is 0 Å². The van der Waals surface area contributed by atoms with E-state index in [0.717, 1.165) is 23.4 Å².